The van der Waals surface area contributed by atoms with E-state index in [1.165, 1.54) is 11.1 Å². The van der Waals surface area contributed by atoms with Gasteiger partial charge in [-0.3, -0.25) is 9.59 Å². The Labute approximate surface area is 148 Å². The zero-order valence-corrected chi connectivity index (χ0v) is 14.6. The molecule has 0 radical (unpaired) electrons. The second kappa shape index (κ2) is 6.51. The van der Waals surface area contributed by atoms with Crippen LogP contribution >= 0.6 is 0 Å². The van der Waals surface area contributed by atoms with Gasteiger partial charge in [-0.05, 0) is 37.3 Å². The summed E-state index contributed by atoms with van der Waals surface area (Å²) in [7, 11) is 0. The van der Waals surface area contributed by atoms with Gasteiger partial charge in [0.05, 0.1) is 0 Å². The molecule has 1 amide bonds. The summed E-state index contributed by atoms with van der Waals surface area (Å²) in [5, 5.41) is 0. The average Bonchev–Trinajstić information content (AvgIpc) is 2.62. The van der Waals surface area contributed by atoms with E-state index in [0.717, 1.165) is 38.2 Å². The number of hydrogen-bond acceptors (Lipinski definition) is 2. The van der Waals surface area contributed by atoms with Gasteiger partial charge in [0.25, 0.3) is 5.56 Å². The van der Waals surface area contributed by atoms with Crippen LogP contribution in [0.5, 0.6) is 0 Å². The van der Waals surface area contributed by atoms with Crippen LogP contribution in [-0.4, -0.2) is 28.5 Å². The van der Waals surface area contributed by atoms with Gasteiger partial charge in [0.2, 0.25) is 5.91 Å². The van der Waals surface area contributed by atoms with E-state index in [0.29, 0.717) is 18.3 Å². The molecule has 2 bridgehead atoms. The Balaban J connectivity index is 1.44. The third kappa shape index (κ3) is 3.26. The molecule has 25 heavy (non-hydrogen) atoms. The van der Waals surface area contributed by atoms with Crippen molar-refractivity contribution in [3.05, 3.63) is 69.6 Å². The minimum absolute atomic E-state index is 0.0892. The molecule has 0 aliphatic carbocycles. The molecule has 2 aliphatic heterocycles. The van der Waals surface area contributed by atoms with Gasteiger partial charge in [-0.15, -0.1) is 0 Å². The van der Waals surface area contributed by atoms with E-state index < -0.39 is 0 Å². The highest BCUT2D eigenvalue weighted by atomic mass is 16.2. The number of nitrogens with zero attached hydrogens (tertiary/aromatic N) is 2. The molecule has 2 aromatic rings. The number of hydrogen-bond donors (Lipinski definition) is 0. The third-order valence-corrected chi connectivity index (χ3v) is 5.58. The minimum atomic E-state index is 0.0892. The molecule has 0 saturated carbocycles. The number of carbonyl (C=O) groups is 1. The Hall–Kier alpha value is -2.36. The average molecular weight is 336 g/mol. The highest BCUT2D eigenvalue weighted by Crippen LogP contribution is 2.35. The maximum Gasteiger partial charge on any atom is 0.250 e. The standard InChI is InChI=1S/C21H24N2O2/c1-15-5-7-16(8-6-15)9-10-20(24)22-12-17-11-18(14-22)19-3-2-4-21(25)23(19)13-17/h2-8,17-18H,9-14H2,1H3. The van der Waals surface area contributed by atoms with Crippen LogP contribution in [0.25, 0.3) is 0 Å². The molecule has 1 saturated heterocycles. The summed E-state index contributed by atoms with van der Waals surface area (Å²) in [4.78, 5) is 26.8. The summed E-state index contributed by atoms with van der Waals surface area (Å²) in [6.07, 6.45) is 2.44. The summed E-state index contributed by atoms with van der Waals surface area (Å²) in [5.41, 5.74) is 3.65. The molecular weight excluding hydrogens is 312 g/mol. The Kier molecular flexibility index (Phi) is 4.20. The maximum atomic E-state index is 12.7. The number of pyridine rings is 1. The Morgan fingerprint density at radius 2 is 1.88 bits per heavy atom. The molecule has 1 aromatic heterocycles. The summed E-state index contributed by atoms with van der Waals surface area (Å²) in [6, 6.07) is 13.9. The Morgan fingerprint density at radius 3 is 2.68 bits per heavy atom. The first-order valence-electron chi connectivity index (χ1n) is 9.13. The molecule has 2 aliphatic rings. The molecule has 4 rings (SSSR count). The molecule has 0 N–H and O–H groups in total. The maximum absolute atomic E-state index is 12.7. The number of carbonyl (C=O) groups excluding carboxylic acids is 1. The number of fused-ring (bicyclic) bond motifs is 4. The van der Waals surface area contributed by atoms with Gasteiger partial charge in [0, 0.05) is 43.7 Å². The highest BCUT2D eigenvalue weighted by molar-refractivity contribution is 5.76. The fourth-order valence-corrected chi connectivity index (χ4v) is 4.26. The van der Waals surface area contributed by atoms with E-state index in [9.17, 15) is 9.59 Å². The SMILES string of the molecule is Cc1ccc(CCC(=O)N2CC3CC(C2)c2cccc(=O)n2C3)cc1. The van der Waals surface area contributed by atoms with E-state index >= 15 is 0 Å². The van der Waals surface area contributed by atoms with Crippen LogP contribution in [-0.2, 0) is 17.8 Å². The zero-order chi connectivity index (χ0) is 17.4. The van der Waals surface area contributed by atoms with Crippen LogP contribution in [0.2, 0.25) is 0 Å². The molecule has 1 aromatic carbocycles. The number of amides is 1. The predicted octanol–water partition coefficient (Wildman–Crippen LogP) is 2.74. The van der Waals surface area contributed by atoms with E-state index in [1.54, 1.807) is 6.07 Å². The minimum Gasteiger partial charge on any atom is -0.342 e. The quantitative estimate of drug-likeness (QED) is 0.865. The molecule has 2 unspecified atom stereocenters. The topological polar surface area (TPSA) is 42.3 Å². The van der Waals surface area contributed by atoms with Gasteiger partial charge < -0.3 is 9.47 Å². The van der Waals surface area contributed by atoms with Crippen molar-refractivity contribution in [2.45, 2.75) is 38.6 Å². The van der Waals surface area contributed by atoms with E-state index in [2.05, 4.69) is 31.2 Å². The van der Waals surface area contributed by atoms with Gasteiger partial charge in [-0.25, -0.2) is 0 Å². The normalized spacial score (nSPS) is 21.7. The largest absolute Gasteiger partial charge is 0.342 e. The van der Waals surface area contributed by atoms with Crippen molar-refractivity contribution in [1.82, 2.24) is 9.47 Å². The number of aromatic nitrogens is 1. The van der Waals surface area contributed by atoms with Crippen LogP contribution in [0.15, 0.2) is 47.3 Å². The lowest BCUT2D eigenvalue weighted by molar-refractivity contribution is -0.133. The predicted molar refractivity (Wildman–Crippen MR) is 97.6 cm³/mol. The highest BCUT2D eigenvalue weighted by Gasteiger charge is 2.35. The van der Waals surface area contributed by atoms with Crippen molar-refractivity contribution in [1.29, 1.82) is 0 Å². The molecule has 4 nitrogen and oxygen atoms in total. The lowest BCUT2D eigenvalue weighted by Crippen LogP contribution is -2.49. The second-order valence-electron chi connectivity index (χ2n) is 7.48. The molecular formula is C21H24N2O2. The third-order valence-electron chi connectivity index (χ3n) is 5.58. The molecule has 3 heterocycles. The van der Waals surface area contributed by atoms with Crippen LogP contribution in [0, 0.1) is 12.8 Å². The number of piperidine rings is 1. The summed E-state index contributed by atoms with van der Waals surface area (Å²) in [5.74, 6) is 0.932. The molecule has 4 heteroatoms. The first kappa shape index (κ1) is 16.1. The molecule has 1 fully saturated rings. The number of rotatable bonds is 3. The van der Waals surface area contributed by atoms with Crippen molar-refractivity contribution in [2.24, 2.45) is 5.92 Å². The van der Waals surface area contributed by atoms with Crippen LogP contribution in [0.3, 0.4) is 0 Å². The van der Waals surface area contributed by atoms with Crippen LogP contribution < -0.4 is 5.56 Å². The fraction of sp³-hybridized carbons (Fsp3) is 0.429. The first-order chi connectivity index (χ1) is 12.1. The van der Waals surface area contributed by atoms with Gasteiger partial charge >= 0.3 is 0 Å². The summed E-state index contributed by atoms with van der Waals surface area (Å²) in [6.45, 7) is 4.34. The van der Waals surface area contributed by atoms with Gasteiger partial charge in [0.1, 0.15) is 0 Å². The lowest BCUT2D eigenvalue weighted by atomic mass is 9.83. The van der Waals surface area contributed by atoms with Gasteiger partial charge in [-0.1, -0.05) is 35.9 Å². The van der Waals surface area contributed by atoms with Crippen LogP contribution in [0.4, 0.5) is 0 Å². The van der Waals surface area contributed by atoms with Crippen LogP contribution in [0.1, 0.15) is 35.6 Å². The lowest BCUT2D eigenvalue weighted by Gasteiger charge is -2.42. The number of aryl methyl sites for hydroxylation is 2. The Bertz CT molecular complexity index is 838. The molecule has 130 valence electrons. The van der Waals surface area contributed by atoms with Crippen molar-refractivity contribution < 1.29 is 4.79 Å². The fourth-order valence-electron chi connectivity index (χ4n) is 4.26. The van der Waals surface area contributed by atoms with Crippen molar-refractivity contribution in [3.63, 3.8) is 0 Å². The van der Waals surface area contributed by atoms with E-state index in [4.69, 9.17) is 0 Å². The van der Waals surface area contributed by atoms with Crippen molar-refractivity contribution in [3.8, 4) is 0 Å². The van der Waals surface area contributed by atoms with E-state index in [-0.39, 0.29) is 11.5 Å². The molecule has 0 spiro atoms. The number of benzene rings is 1. The van der Waals surface area contributed by atoms with Gasteiger partial charge in [0.15, 0.2) is 0 Å². The van der Waals surface area contributed by atoms with Crippen molar-refractivity contribution in [2.75, 3.05) is 13.1 Å². The smallest absolute Gasteiger partial charge is 0.250 e. The van der Waals surface area contributed by atoms with E-state index in [1.807, 2.05) is 21.6 Å². The summed E-state index contributed by atoms with van der Waals surface area (Å²) >= 11 is 0. The first-order valence-corrected chi connectivity index (χ1v) is 9.13. The molecule has 2 atom stereocenters. The monoisotopic (exact) mass is 336 g/mol. The van der Waals surface area contributed by atoms with Gasteiger partial charge in [-0.2, -0.15) is 0 Å². The van der Waals surface area contributed by atoms with Crippen molar-refractivity contribution >= 4 is 5.91 Å². The Morgan fingerprint density at radius 1 is 1.08 bits per heavy atom. The zero-order valence-electron chi connectivity index (χ0n) is 14.6. The second-order valence-corrected chi connectivity index (χ2v) is 7.48. The summed E-state index contributed by atoms with van der Waals surface area (Å²) < 4.78 is 1.91. The number of likely N-dealkylation sites (tertiary alicyclic amines) is 1.